The molecule has 1 aromatic carbocycles. The quantitative estimate of drug-likeness (QED) is 0.777. The van der Waals surface area contributed by atoms with Gasteiger partial charge in [-0.25, -0.2) is 0 Å². The van der Waals surface area contributed by atoms with E-state index >= 15 is 0 Å². The van der Waals surface area contributed by atoms with Crippen molar-refractivity contribution in [3.05, 3.63) is 48.2 Å². The zero-order valence-corrected chi connectivity index (χ0v) is 7.85. The largest absolute Gasteiger partial charge is 0.327 e. The lowest BCUT2D eigenvalue weighted by atomic mass is 10.1. The Kier molecular flexibility index (Phi) is 2.56. The first-order valence-corrected chi connectivity index (χ1v) is 4.61. The molecule has 0 amide bonds. The first kappa shape index (κ1) is 8.91. The van der Waals surface area contributed by atoms with Gasteiger partial charge in [-0.1, -0.05) is 30.4 Å². The highest BCUT2D eigenvalue weighted by atomic mass is 14.6. The molecule has 2 nitrogen and oxygen atoms in total. The highest BCUT2D eigenvalue weighted by molar-refractivity contribution is 5.80. The number of benzene rings is 1. The maximum atomic E-state index is 5.38. The van der Waals surface area contributed by atoms with Gasteiger partial charge in [0.05, 0.1) is 5.52 Å². The van der Waals surface area contributed by atoms with Crippen molar-refractivity contribution in [3.63, 3.8) is 0 Å². The van der Waals surface area contributed by atoms with Gasteiger partial charge in [-0.2, -0.15) is 0 Å². The third-order valence-electron chi connectivity index (χ3n) is 2.06. The second kappa shape index (κ2) is 4.03. The molecule has 0 bridgehead atoms. The third kappa shape index (κ3) is 1.80. The van der Waals surface area contributed by atoms with Crippen molar-refractivity contribution >= 4 is 17.0 Å². The summed E-state index contributed by atoms with van der Waals surface area (Å²) in [5.41, 5.74) is 7.50. The van der Waals surface area contributed by atoms with Crippen LogP contribution >= 0.6 is 0 Å². The molecule has 0 radical (unpaired) electrons. The zero-order valence-electron chi connectivity index (χ0n) is 7.85. The molecule has 0 saturated carbocycles. The fourth-order valence-corrected chi connectivity index (χ4v) is 1.38. The van der Waals surface area contributed by atoms with Crippen LogP contribution in [0.2, 0.25) is 0 Å². The Hall–Kier alpha value is -1.67. The number of pyridine rings is 1. The van der Waals surface area contributed by atoms with Crippen molar-refractivity contribution < 1.29 is 0 Å². The summed E-state index contributed by atoms with van der Waals surface area (Å²) in [4.78, 5) is 4.34. The van der Waals surface area contributed by atoms with Crippen molar-refractivity contribution in [2.75, 3.05) is 6.54 Å². The Morgan fingerprint density at radius 3 is 3.00 bits per heavy atom. The van der Waals surface area contributed by atoms with Gasteiger partial charge >= 0.3 is 0 Å². The third-order valence-corrected chi connectivity index (χ3v) is 2.06. The predicted octanol–water partition coefficient (Wildman–Crippen LogP) is 2.21. The summed E-state index contributed by atoms with van der Waals surface area (Å²) in [5.74, 6) is 0. The molecule has 0 unspecified atom stereocenters. The Morgan fingerprint density at radius 2 is 2.14 bits per heavy atom. The Morgan fingerprint density at radius 1 is 1.29 bits per heavy atom. The minimum atomic E-state index is 0.562. The van der Waals surface area contributed by atoms with Crippen LogP contribution in [0, 0.1) is 0 Å². The predicted molar refractivity (Wildman–Crippen MR) is 59.8 cm³/mol. The van der Waals surface area contributed by atoms with E-state index in [0.717, 1.165) is 16.5 Å². The molecular formula is C12H12N2. The standard InChI is InChI=1S/C12H12N2/c13-7-3-4-10-8-11-5-1-2-6-12(11)14-9-10/h1-6,8-9H,7,13H2/b4-3-. The average molecular weight is 184 g/mol. The molecule has 2 heteroatoms. The lowest BCUT2D eigenvalue weighted by molar-refractivity contribution is 1.26. The monoisotopic (exact) mass is 184 g/mol. The fraction of sp³-hybridized carbons (Fsp3) is 0.0833. The molecule has 14 heavy (non-hydrogen) atoms. The zero-order chi connectivity index (χ0) is 9.80. The molecule has 0 aliphatic rings. The Bertz CT molecular complexity index is 461. The van der Waals surface area contributed by atoms with Crippen LogP contribution in [0.1, 0.15) is 5.56 Å². The van der Waals surface area contributed by atoms with E-state index in [4.69, 9.17) is 5.73 Å². The second-order valence-electron chi connectivity index (χ2n) is 3.10. The first-order valence-electron chi connectivity index (χ1n) is 4.61. The fourth-order valence-electron chi connectivity index (χ4n) is 1.38. The molecule has 70 valence electrons. The Labute approximate surface area is 83.1 Å². The minimum Gasteiger partial charge on any atom is -0.327 e. The number of rotatable bonds is 2. The van der Waals surface area contributed by atoms with Crippen molar-refractivity contribution in [1.29, 1.82) is 0 Å². The molecule has 1 heterocycles. The van der Waals surface area contributed by atoms with Crippen LogP contribution in [0.5, 0.6) is 0 Å². The van der Waals surface area contributed by atoms with Crippen molar-refractivity contribution in [1.82, 2.24) is 4.98 Å². The van der Waals surface area contributed by atoms with E-state index in [1.54, 1.807) is 0 Å². The summed E-state index contributed by atoms with van der Waals surface area (Å²) >= 11 is 0. The summed E-state index contributed by atoms with van der Waals surface area (Å²) in [6.45, 7) is 0.562. The maximum Gasteiger partial charge on any atom is 0.0702 e. The normalized spacial score (nSPS) is 11.2. The van der Waals surface area contributed by atoms with Crippen LogP contribution in [0.25, 0.3) is 17.0 Å². The van der Waals surface area contributed by atoms with Gasteiger partial charge in [-0.15, -0.1) is 0 Å². The summed E-state index contributed by atoms with van der Waals surface area (Å²) in [7, 11) is 0. The molecule has 0 fully saturated rings. The van der Waals surface area contributed by atoms with E-state index in [9.17, 15) is 0 Å². The van der Waals surface area contributed by atoms with Gasteiger partial charge in [0, 0.05) is 18.1 Å². The number of nitrogens with zero attached hydrogens (tertiary/aromatic N) is 1. The number of hydrogen-bond donors (Lipinski definition) is 1. The van der Waals surface area contributed by atoms with Crippen molar-refractivity contribution in [3.8, 4) is 0 Å². The van der Waals surface area contributed by atoms with E-state index in [1.807, 2.05) is 36.5 Å². The number of para-hydroxylation sites is 1. The van der Waals surface area contributed by atoms with Gasteiger partial charge in [-0.3, -0.25) is 4.98 Å². The second-order valence-corrected chi connectivity index (χ2v) is 3.10. The molecule has 1 aromatic heterocycles. The smallest absolute Gasteiger partial charge is 0.0702 e. The Balaban J connectivity index is 2.46. The van der Waals surface area contributed by atoms with Crippen LogP contribution in [-0.2, 0) is 0 Å². The number of fused-ring (bicyclic) bond motifs is 1. The highest BCUT2D eigenvalue weighted by Crippen LogP contribution is 2.13. The highest BCUT2D eigenvalue weighted by Gasteiger charge is 1.93. The van der Waals surface area contributed by atoms with Gasteiger partial charge in [0.2, 0.25) is 0 Å². The van der Waals surface area contributed by atoms with E-state index in [2.05, 4.69) is 17.1 Å². The molecule has 0 aliphatic carbocycles. The molecule has 0 atom stereocenters. The van der Waals surface area contributed by atoms with E-state index in [-0.39, 0.29) is 0 Å². The molecule has 0 saturated heterocycles. The molecular weight excluding hydrogens is 172 g/mol. The molecule has 2 N–H and O–H groups in total. The van der Waals surface area contributed by atoms with Crippen LogP contribution in [0.3, 0.4) is 0 Å². The summed E-state index contributed by atoms with van der Waals surface area (Å²) in [6, 6.07) is 10.2. The van der Waals surface area contributed by atoms with Crippen LogP contribution in [0.15, 0.2) is 42.6 Å². The van der Waals surface area contributed by atoms with E-state index in [1.165, 1.54) is 0 Å². The van der Waals surface area contributed by atoms with Crippen LogP contribution in [-0.4, -0.2) is 11.5 Å². The van der Waals surface area contributed by atoms with E-state index in [0.29, 0.717) is 6.54 Å². The van der Waals surface area contributed by atoms with Crippen molar-refractivity contribution in [2.45, 2.75) is 0 Å². The van der Waals surface area contributed by atoms with Gasteiger partial charge in [0.15, 0.2) is 0 Å². The SMILES string of the molecule is NC/C=C\c1cnc2ccccc2c1. The topological polar surface area (TPSA) is 38.9 Å². The van der Waals surface area contributed by atoms with Gasteiger partial charge in [0.1, 0.15) is 0 Å². The van der Waals surface area contributed by atoms with Gasteiger partial charge < -0.3 is 5.73 Å². The molecule has 2 aromatic rings. The van der Waals surface area contributed by atoms with Crippen LogP contribution < -0.4 is 5.73 Å². The van der Waals surface area contributed by atoms with Crippen LogP contribution in [0.4, 0.5) is 0 Å². The lowest BCUT2D eigenvalue weighted by Gasteiger charge is -1.97. The number of nitrogens with two attached hydrogens (primary N) is 1. The molecule has 0 spiro atoms. The average Bonchev–Trinajstić information content (AvgIpc) is 2.26. The lowest BCUT2D eigenvalue weighted by Crippen LogP contribution is -1.92. The summed E-state index contributed by atoms with van der Waals surface area (Å²) < 4.78 is 0. The van der Waals surface area contributed by atoms with E-state index < -0.39 is 0 Å². The summed E-state index contributed by atoms with van der Waals surface area (Å²) in [6.07, 6.45) is 5.76. The molecule has 0 aliphatic heterocycles. The first-order chi connectivity index (χ1) is 6.90. The minimum absolute atomic E-state index is 0.562. The number of hydrogen-bond acceptors (Lipinski definition) is 2. The van der Waals surface area contributed by atoms with Crippen molar-refractivity contribution in [2.24, 2.45) is 5.73 Å². The maximum absolute atomic E-state index is 5.38. The molecule has 2 rings (SSSR count). The number of aromatic nitrogens is 1. The van der Waals surface area contributed by atoms with Gasteiger partial charge in [-0.05, 0) is 17.7 Å². The summed E-state index contributed by atoms with van der Waals surface area (Å²) in [5, 5.41) is 1.16. The van der Waals surface area contributed by atoms with Gasteiger partial charge in [0.25, 0.3) is 0 Å².